The minimum atomic E-state index is -1.96. The number of ether oxygens (including phenoxy) is 1. The van der Waals surface area contributed by atoms with Gasteiger partial charge < -0.3 is 14.5 Å². The maximum atomic E-state index is 13.4. The van der Waals surface area contributed by atoms with Crippen LogP contribution in [0.25, 0.3) is 0 Å². The van der Waals surface area contributed by atoms with Gasteiger partial charge in [-0.3, -0.25) is 4.90 Å². The van der Waals surface area contributed by atoms with Crippen LogP contribution in [-0.2, 0) is 11.0 Å². The van der Waals surface area contributed by atoms with Gasteiger partial charge in [0.05, 0.1) is 11.8 Å². The minimum absolute atomic E-state index is 0.000869. The standard InChI is InChI=1S/C30H38N2O3Si/c1-30(2,3)36(4,5)35-28-16-11-21-32(27-15-10-9-14-26(27)28)29(33)31-24-17-19-25(20-18-24)34-22-23-12-7-6-8-13-23/h6-10,12-15,17-20,28H,11,16,21-22H2,1-5H3,(H,31,33). The van der Waals surface area contributed by atoms with Crippen LogP contribution in [0.1, 0.15) is 50.8 Å². The first kappa shape index (κ1) is 26.0. The number of hydrogen-bond donors (Lipinski definition) is 1. The Kier molecular flexibility index (Phi) is 7.86. The van der Waals surface area contributed by atoms with E-state index in [4.69, 9.17) is 9.16 Å². The third-order valence-electron chi connectivity index (χ3n) is 7.26. The molecule has 36 heavy (non-hydrogen) atoms. The molecule has 4 rings (SSSR count). The largest absolute Gasteiger partial charge is 0.489 e. The van der Waals surface area contributed by atoms with E-state index in [-0.39, 0.29) is 17.2 Å². The Morgan fingerprint density at radius 2 is 1.64 bits per heavy atom. The van der Waals surface area contributed by atoms with E-state index < -0.39 is 8.32 Å². The van der Waals surface area contributed by atoms with Crippen molar-refractivity contribution in [1.82, 2.24) is 0 Å². The van der Waals surface area contributed by atoms with Gasteiger partial charge >= 0.3 is 6.03 Å². The third kappa shape index (κ3) is 6.18. The number of anilines is 2. The van der Waals surface area contributed by atoms with E-state index in [9.17, 15) is 4.79 Å². The van der Waals surface area contributed by atoms with Crippen LogP contribution in [0.5, 0.6) is 5.75 Å². The predicted octanol–water partition coefficient (Wildman–Crippen LogP) is 8.16. The molecule has 0 spiro atoms. The molecule has 5 nitrogen and oxygen atoms in total. The van der Waals surface area contributed by atoms with Gasteiger partial charge in [0.25, 0.3) is 0 Å². The van der Waals surface area contributed by atoms with Gasteiger partial charge in [-0.25, -0.2) is 4.79 Å². The molecule has 0 aliphatic carbocycles. The number of nitrogens with one attached hydrogen (secondary N) is 1. The van der Waals surface area contributed by atoms with Crippen molar-refractivity contribution in [2.75, 3.05) is 16.8 Å². The number of carbonyl (C=O) groups is 1. The van der Waals surface area contributed by atoms with E-state index in [0.29, 0.717) is 13.2 Å². The summed E-state index contributed by atoms with van der Waals surface area (Å²) in [6, 6.07) is 25.6. The molecule has 0 saturated heterocycles. The number of urea groups is 1. The van der Waals surface area contributed by atoms with Crippen LogP contribution in [0, 0.1) is 0 Å². The van der Waals surface area contributed by atoms with Crippen molar-refractivity contribution in [1.29, 1.82) is 0 Å². The fourth-order valence-corrected chi connectivity index (χ4v) is 5.46. The van der Waals surface area contributed by atoms with Crippen LogP contribution in [0.3, 0.4) is 0 Å². The first-order valence-corrected chi connectivity index (χ1v) is 15.7. The van der Waals surface area contributed by atoms with Crippen molar-refractivity contribution in [3.63, 3.8) is 0 Å². The Balaban J connectivity index is 1.45. The highest BCUT2D eigenvalue weighted by Crippen LogP contribution is 2.43. The molecule has 0 fully saturated rings. The van der Waals surface area contributed by atoms with Crippen LogP contribution in [0.15, 0.2) is 78.9 Å². The summed E-state index contributed by atoms with van der Waals surface area (Å²) in [7, 11) is -1.96. The highest BCUT2D eigenvalue weighted by atomic mass is 28.4. The number of carbonyl (C=O) groups excluding carboxylic acids is 1. The normalized spacial score (nSPS) is 16.1. The van der Waals surface area contributed by atoms with Crippen molar-refractivity contribution in [2.45, 2.75) is 64.5 Å². The molecule has 2 amide bonds. The van der Waals surface area contributed by atoms with E-state index >= 15 is 0 Å². The highest BCUT2D eigenvalue weighted by molar-refractivity contribution is 6.74. The number of hydrogen-bond acceptors (Lipinski definition) is 3. The monoisotopic (exact) mass is 502 g/mol. The summed E-state index contributed by atoms with van der Waals surface area (Å²) < 4.78 is 12.7. The Hall–Kier alpha value is -3.09. The maximum Gasteiger partial charge on any atom is 0.326 e. The molecule has 3 aromatic rings. The Morgan fingerprint density at radius 1 is 0.972 bits per heavy atom. The minimum Gasteiger partial charge on any atom is -0.489 e. The van der Waals surface area contributed by atoms with E-state index in [1.807, 2.05) is 77.7 Å². The highest BCUT2D eigenvalue weighted by Gasteiger charge is 2.40. The van der Waals surface area contributed by atoms with Gasteiger partial charge in [0.1, 0.15) is 12.4 Å². The average Bonchev–Trinajstić information content (AvgIpc) is 3.03. The lowest BCUT2D eigenvalue weighted by molar-refractivity contribution is 0.174. The number of nitrogens with zero attached hydrogens (tertiary/aromatic N) is 1. The van der Waals surface area contributed by atoms with E-state index in [1.54, 1.807) is 0 Å². The van der Waals surface area contributed by atoms with Crippen LogP contribution < -0.4 is 15.0 Å². The molecule has 1 heterocycles. The van der Waals surface area contributed by atoms with Gasteiger partial charge in [-0.05, 0) is 66.9 Å². The zero-order valence-corrected chi connectivity index (χ0v) is 23.1. The SMILES string of the molecule is CC(C)(C)[Si](C)(C)OC1CCCN(C(=O)Nc2ccc(OCc3ccccc3)cc2)c2ccccc21. The number of amides is 2. The van der Waals surface area contributed by atoms with Crippen LogP contribution in [0.2, 0.25) is 18.1 Å². The molecule has 1 unspecified atom stereocenters. The number of para-hydroxylation sites is 1. The van der Waals surface area contributed by atoms with Gasteiger partial charge in [-0.15, -0.1) is 0 Å². The second-order valence-corrected chi connectivity index (χ2v) is 15.7. The van der Waals surface area contributed by atoms with Crippen molar-refractivity contribution < 1.29 is 14.0 Å². The lowest BCUT2D eigenvalue weighted by Gasteiger charge is -2.39. The molecule has 0 radical (unpaired) electrons. The summed E-state index contributed by atoms with van der Waals surface area (Å²) in [4.78, 5) is 15.2. The van der Waals surface area contributed by atoms with Crippen molar-refractivity contribution in [3.05, 3.63) is 90.0 Å². The summed E-state index contributed by atoms with van der Waals surface area (Å²) in [5, 5.41) is 3.20. The first-order chi connectivity index (χ1) is 17.1. The fraction of sp³-hybridized carbons (Fsp3) is 0.367. The van der Waals surface area contributed by atoms with Crippen molar-refractivity contribution >= 4 is 25.7 Å². The first-order valence-electron chi connectivity index (χ1n) is 12.8. The third-order valence-corrected chi connectivity index (χ3v) is 11.8. The molecule has 1 N–H and O–H groups in total. The second-order valence-electron chi connectivity index (χ2n) is 10.9. The van der Waals surface area contributed by atoms with E-state index in [1.165, 1.54) is 0 Å². The second kappa shape index (κ2) is 10.9. The quantitative estimate of drug-likeness (QED) is 0.346. The number of rotatable bonds is 6. The average molecular weight is 503 g/mol. The van der Waals surface area contributed by atoms with Gasteiger partial charge in [0, 0.05) is 17.8 Å². The molecule has 1 atom stereocenters. The maximum absolute atomic E-state index is 13.4. The summed E-state index contributed by atoms with van der Waals surface area (Å²) >= 11 is 0. The van der Waals surface area contributed by atoms with Crippen molar-refractivity contribution in [3.8, 4) is 5.75 Å². The molecular weight excluding hydrogens is 464 g/mol. The molecule has 1 aliphatic rings. The Labute approximate surface area is 216 Å². The van der Waals surface area contributed by atoms with Gasteiger partial charge in [0.15, 0.2) is 8.32 Å². The summed E-state index contributed by atoms with van der Waals surface area (Å²) in [5.74, 6) is 0.766. The van der Waals surface area contributed by atoms with Crippen LogP contribution >= 0.6 is 0 Å². The Morgan fingerprint density at radius 3 is 2.33 bits per heavy atom. The summed E-state index contributed by atoms with van der Waals surface area (Å²) in [5.41, 5.74) is 3.88. The molecule has 1 aliphatic heterocycles. The van der Waals surface area contributed by atoms with E-state index in [0.717, 1.165) is 41.1 Å². The molecular formula is C30H38N2O3Si. The zero-order chi connectivity index (χ0) is 25.8. The van der Waals surface area contributed by atoms with Crippen LogP contribution in [-0.4, -0.2) is 20.9 Å². The van der Waals surface area contributed by atoms with Gasteiger partial charge in [0.2, 0.25) is 0 Å². The smallest absolute Gasteiger partial charge is 0.326 e. The Bertz CT molecular complexity index is 1160. The molecule has 190 valence electrons. The lowest BCUT2D eigenvalue weighted by Crippen LogP contribution is -2.41. The molecule has 0 saturated carbocycles. The van der Waals surface area contributed by atoms with Gasteiger partial charge in [-0.1, -0.05) is 69.3 Å². The van der Waals surface area contributed by atoms with Gasteiger partial charge in [-0.2, -0.15) is 0 Å². The van der Waals surface area contributed by atoms with Crippen molar-refractivity contribution in [2.24, 2.45) is 0 Å². The van der Waals surface area contributed by atoms with E-state index in [2.05, 4.69) is 45.2 Å². The summed E-state index contributed by atoms with van der Waals surface area (Å²) in [6.07, 6.45) is 1.79. The fourth-order valence-electron chi connectivity index (χ4n) is 4.15. The molecule has 3 aromatic carbocycles. The predicted molar refractivity (Wildman–Crippen MR) is 150 cm³/mol. The topological polar surface area (TPSA) is 50.8 Å². The van der Waals surface area contributed by atoms with Crippen LogP contribution in [0.4, 0.5) is 16.2 Å². The lowest BCUT2D eigenvalue weighted by atomic mass is 10.0. The summed E-state index contributed by atoms with van der Waals surface area (Å²) in [6.45, 7) is 12.5. The molecule has 0 aromatic heterocycles. The number of benzene rings is 3. The molecule has 6 heteroatoms. The molecule has 0 bridgehead atoms. The zero-order valence-electron chi connectivity index (χ0n) is 22.1. The number of fused-ring (bicyclic) bond motifs is 1.